The van der Waals surface area contributed by atoms with Crippen LogP contribution in [0.3, 0.4) is 0 Å². The monoisotopic (exact) mass is 386 g/mol. The lowest BCUT2D eigenvalue weighted by Crippen LogP contribution is -2.20. The number of aliphatic hydroxyl groups excluding tert-OH is 1. The van der Waals surface area contributed by atoms with E-state index in [1.807, 2.05) is 26.0 Å². The molecular formula is C17H30N4O4S. The summed E-state index contributed by atoms with van der Waals surface area (Å²) >= 11 is 0. The molecule has 0 aromatic carbocycles. The van der Waals surface area contributed by atoms with Crippen LogP contribution in [0.2, 0.25) is 0 Å². The quantitative estimate of drug-likeness (QED) is 0.463. The van der Waals surface area contributed by atoms with Crippen LogP contribution in [0.25, 0.3) is 0 Å². The van der Waals surface area contributed by atoms with Gasteiger partial charge in [0, 0.05) is 33.2 Å². The summed E-state index contributed by atoms with van der Waals surface area (Å²) in [5, 5.41) is 22.3. The molecule has 1 aromatic rings. The number of aromatic nitrogens is 1. The van der Waals surface area contributed by atoms with Gasteiger partial charge in [0.1, 0.15) is 11.6 Å². The fourth-order valence-corrected chi connectivity index (χ4v) is 2.85. The van der Waals surface area contributed by atoms with E-state index < -0.39 is 9.84 Å². The van der Waals surface area contributed by atoms with Crippen molar-refractivity contribution in [2.45, 2.75) is 27.2 Å². The van der Waals surface area contributed by atoms with Gasteiger partial charge in [-0.05, 0) is 38.0 Å². The highest BCUT2D eigenvalue weighted by atomic mass is 32.2. The number of pyridine rings is 1. The third kappa shape index (κ3) is 12.5. The Bertz CT molecular complexity index is 645. The molecule has 8 nitrogen and oxygen atoms in total. The first-order valence-electron chi connectivity index (χ1n) is 8.54. The second-order valence-corrected chi connectivity index (χ2v) is 7.72. The molecule has 1 rings (SSSR count). The van der Waals surface area contributed by atoms with E-state index in [0.717, 1.165) is 31.0 Å². The Morgan fingerprint density at radius 3 is 2.35 bits per heavy atom. The van der Waals surface area contributed by atoms with Crippen LogP contribution in [-0.2, 0) is 14.6 Å². The Balaban J connectivity index is 0.00000194. The Hall–Kier alpha value is -1.89. The lowest BCUT2D eigenvalue weighted by molar-refractivity contribution is 0.147. The molecule has 0 amide bonds. The number of nitrogens with zero attached hydrogens (tertiary/aromatic N) is 2. The molecule has 1 aromatic heterocycles. The van der Waals surface area contributed by atoms with Crippen molar-refractivity contribution in [3.63, 3.8) is 0 Å². The standard InChI is InChI=1S/C15H27N3O4S.C2H3N/c1-3-22-8-4-5-16-14-11-13(2)12-15(18-14)17-6-9-23(20,21)10-7-19;1-2-3/h11-12,19H,3-10H2,1-2H3,(H2,16,17,18);1H3. The summed E-state index contributed by atoms with van der Waals surface area (Å²) in [6.07, 6.45) is 0.894. The number of aliphatic hydroxyl groups is 1. The number of aryl methyl sites for hydroxylation is 1. The molecule has 0 aliphatic carbocycles. The first-order chi connectivity index (χ1) is 12.4. The normalized spacial score (nSPS) is 10.4. The first kappa shape index (κ1) is 24.1. The zero-order valence-electron chi connectivity index (χ0n) is 15.8. The highest BCUT2D eigenvalue weighted by Crippen LogP contribution is 2.13. The molecule has 26 heavy (non-hydrogen) atoms. The number of rotatable bonds is 12. The summed E-state index contributed by atoms with van der Waals surface area (Å²) in [6.45, 7) is 7.47. The number of anilines is 2. The third-order valence-corrected chi connectivity index (χ3v) is 4.70. The number of nitrogens with one attached hydrogen (secondary N) is 2. The van der Waals surface area contributed by atoms with Gasteiger partial charge in [-0.2, -0.15) is 5.26 Å². The van der Waals surface area contributed by atoms with Gasteiger partial charge in [-0.15, -0.1) is 0 Å². The van der Waals surface area contributed by atoms with Gasteiger partial charge < -0.3 is 20.5 Å². The largest absolute Gasteiger partial charge is 0.395 e. The van der Waals surface area contributed by atoms with Crippen molar-refractivity contribution < 1.29 is 18.3 Å². The van der Waals surface area contributed by atoms with Gasteiger partial charge >= 0.3 is 0 Å². The highest BCUT2D eigenvalue weighted by molar-refractivity contribution is 7.91. The molecule has 0 unspecified atom stereocenters. The fraction of sp³-hybridized carbons (Fsp3) is 0.647. The van der Waals surface area contributed by atoms with Crippen molar-refractivity contribution in [2.24, 2.45) is 0 Å². The third-order valence-electron chi connectivity index (χ3n) is 3.07. The molecule has 0 atom stereocenters. The van der Waals surface area contributed by atoms with Gasteiger partial charge in [0.15, 0.2) is 9.84 Å². The molecule has 0 radical (unpaired) electrons. The van der Waals surface area contributed by atoms with Crippen molar-refractivity contribution in [1.82, 2.24) is 4.98 Å². The van der Waals surface area contributed by atoms with E-state index in [4.69, 9.17) is 15.1 Å². The van der Waals surface area contributed by atoms with Gasteiger partial charge in [-0.1, -0.05) is 0 Å². The minimum absolute atomic E-state index is 0.0275. The van der Waals surface area contributed by atoms with E-state index in [9.17, 15) is 8.42 Å². The summed E-state index contributed by atoms with van der Waals surface area (Å²) < 4.78 is 28.4. The first-order valence-corrected chi connectivity index (χ1v) is 10.4. The van der Waals surface area contributed by atoms with E-state index >= 15 is 0 Å². The molecule has 0 aliphatic heterocycles. The summed E-state index contributed by atoms with van der Waals surface area (Å²) in [6, 6.07) is 5.55. The van der Waals surface area contributed by atoms with E-state index in [2.05, 4.69) is 15.6 Å². The minimum Gasteiger partial charge on any atom is -0.395 e. The second kappa shape index (κ2) is 14.3. The van der Waals surface area contributed by atoms with E-state index in [-0.39, 0.29) is 24.7 Å². The zero-order chi connectivity index (χ0) is 19.8. The number of nitriles is 1. The maximum absolute atomic E-state index is 11.5. The van der Waals surface area contributed by atoms with Crippen LogP contribution < -0.4 is 10.6 Å². The Labute approximate surface area is 156 Å². The minimum atomic E-state index is -3.21. The maximum atomic E-state index is 11.5. The van der Waals surface area contributed by atoms with Crippen molar-refractivity contribution in [2.75, 3.05) is 55.0 Å². The predicted octanol–water partition coefficient (Wildman–Crippen LogP) is 1.58. The van der Waals surface area contributed by atoms with Crippen molar-refractivity contribution in [1.29, 1.82) is 5.26 Å². The van der Waals surface area contributed by atoms with Crippen LogP contribution in [0.4, 0.5) is 11.6 Å². The molecule has 3 N–H and O–H groups in total. The van der Waals surface area contributed by atoms with E-state index in [1.165, 1.54) is 6.92 Å². The Morgan fingerprint density at radius 1 is 1.23 bits per heavy atom. The molecule has 1 heterocycles. The van der Waals surface area contributed by atoms with Crippen LogP contribution in [0.1, 0.15) is 25.8 Å². The molecule has 9 heteroatoms. The molecule has 0 aliphatic rings. The van der Waals surface area contributed by atoms with E-state index in [1.54, 1.807) is 6.07 Å². The Morgan fingerprint density at radius 2 is 1.81 bits per heavy atom. The second-order valence-electron chi connectivity index (χ2n) is 5.42. The summed E-state index contributed by atoms with van der Waals surface area (Å²) in [5.74, 6) is 1.15. The molecule has 0 bridgehead atoms. The summed E-state index contributed by atoms with van der Waals surface area (Å²) in [7, 11) is -3.21. The average molecular weight is 387 g/mol. The molecule has 148 valence electrons. The van der Waals surface area contributed by atoms with Crippen molar-refractivity contribution >= 4 is 21.5 Å². The van der Waals surface area contributed by atoms with Crippen LogP contribution in [-0.4, -0.2) is 62.9 Å². The molecule has 0 fully saturated rings. The fourth-order valence-electron chi connectivity index (χ4n) is 1.96. The van der Waals surface area contributed by atoms with Crippen LogP contribution in [0.15, 0.2) is 12.1 Å². The van der Waals surface area contributed by atoms with Crippen molar-refractivity contribution in [3.05, 3.63) is 17.7 Å². The van der Waals surface area contributed by atoms with Crippen LogP contribution in [0, 0.1) is 18.3 Å². The van der Waals surface area contributed by atoms with Crippen molar-refractivity contribution in [3.8, 4) is 6.07 Å². The lowest BCUT2D eigenvalue weighted by Gasteiger charge is -2.11. The van der Waals surface area contributed by atoms with Gasteiger partial charge in [0.2, 0.25) is 0 Å². The van der Waals surface area contributed by atoms with Crippen LogP contribution >= 0.6 is 0 Å². The highest BCUT2D eigenvalue weighted by Gasteiger charge is 2.09. The number of ether oxygens (including phenoxy) is 1. The number of hydrogen-bond donors (Lipinski definition) is 3. The van der Waals surface area contributed by atoms with Gasteiger partial charge in [-0.3, -0.25) is 0 Å². The smallest absolute Gasteiger partial charge is 0.154 e. The topological polar surface area (TPSA) is 124 Å². The Kier molecular flexibility index (Phi) is 13.3. The number of sulfone groups is 1. The van der Waals surface area contributed by atoms with Gasteiger partial charge in [-0.25, -0.2) is 13.4 Å². The van der Waals surface area contributed by atoms with Gasteiger partial charge in [0.25, 0.3) is 0 Å². The summed E-state index contributed by atoms with van der Waals surface area (Å²) in [4.78, 5) is 4.41. The molecular weight excluding hydrogens is 356 g/mol. The molecule has 0 spiro atoms. The summed E-state index contributed by atoms with van der Waals surface area (Å²) in [5.41, 5.74) is 1.04. The average Bonchev–Trinajstić information content (AvgIpc) is 2.54. The van der Waals surface area contributed by atoms with E-state index in [0.29, 0.717) is 12.4 Å². The maximum Gasteiger partial charge on any atom is 0.154 e. The van der Waals surface area contributed by atoms with Gasteiger partial charge in [0.05, 0.1) is 24.2 Å². The SMILES string of the molecule is CC#N.CCOCCCNc1cc(C)cc(NCCS(=O)(=O)CCO)n1. The van der Waals surface area contributed by atoms with Crippen LogP contribution in [0.5, 0.6) is 0 Å². The molecule has 0 saturated heterocycles. The molecule has 0 saturated carbocycles. The number of hydrogen-bond acceptors (Lipinski definition) is 8. The predicted molar refractivity (Wildman–Crippen MR) is 104 cm³/mol. The lowest BCUT2D eigenvalue weighted by atomic mass is 10.3. The zero-order valence-corrected chi connectivity index (χ0v) is 16.6.